The first kappa shape index (κ1) is 23.1. The van der Waals surface area contributed by atoms with Crippen LogP contribution in [0, 0.1) is 11.8 Å². The summed E-state index contributed by atoms with van der Waals surface area (Å²) in [5, 5.41) is 11.4. The zero-order chi connectivity index (χ0) is 22.5. The molecule has 1 aliphatic rings. The predicted molar refractivity (Wildman–Crippen MR) is 121 cm³/mol. The van der Waals surface area contributed by atoms with E-state index in [0.29, 0.717) is 11.1 Å². The summed E-state index contributed by atoms with van der Waals surface area (Å²) in [6.07, 6.45) is 4.55. The van der Waals surface area contributed by atoms with Crippen LogP contribution in [0.3, 0.4) is 0 Å². The van der Waals surface area contributed by atoms with Crippen LogP contribution < -0.4 is 15.8 Å². The molecule has 2 aromatic rings. The molecule has 1 fully saturated rings. The molecule has 1 aliphatic carbocycles. The minimum Gasteiger partial charge on any atom is -0.497 e. The van der Waals surface area contributed by atoms with Gasteiger partial charge in [-0.3, -0.25) is 14.7 Å². The zero-order valence-corrected chi connectivity index (χ0v) is 19.3. The standard InChI is InChI=1S/C22H31N5O3S/c1-13(2)18(20(28)24-21(23)29)31-22-26-25-19(15-9-11-16(30-4)12-10-15)27(22)17-8-6-5-7-14(17)3/h9-14,17-18H,5-8H2,1-4H3,(H3,23,24,28,29)/t14-,17-,18+/m1/s1. The molecule has 0 saturated heterocycles. The Kier molecular flexibility index (Phi) is 7.59. The molecule has 0 radical (unpaired) electrons. The lowest BCUT2D eigenvalue weighted by Gasteiger charge is -2.32. The quantitative estimate of drug-likeness (QED) is 0.623. The van der Waals surface area contributed by atoms with Gasteiger partial charge in [-0.2, -0.15) is 0 Å². The lowest BCUT2D eigenvalue weighted by Crippen LogP contribution is -2.42. The molecule has 1 aromatic carbocycles. The summed E-state index contributed by atoms with van der Waals surface area (Å²) in [4.78, 5) is 23.8. The van der Waals surface area contributed by atoms with Crippen molar-refractivity contribution in [3.05, 3.63) is 24.3 Å². The molecule has 3 rings (SSSR count). The van der Waals surface area contributed by atoms with Crippen LogP contribution in [0.4, 0.5) is 4.79 Å². The van der Waals surface area contributed by atoms with E-state index in [9.17, 15) is 9.59 Å². The number of primary amides is 1. The first-order valence-corrected chi connectivity index (χ1v) is 11.6. The summed E-state index contributed by atoms with van der Waals surface area (Å²) >= 11 is 1.34. The van der Waals surface area contributed by atoms with Crippen molar-refractivity contribution in [2.75, 3.05) is 7.11 Å². The predicted octanol–water partition coefficient (Wildman–Crippen LogP) is 4.02. The highest BCUT2D eigenvalue weighted by Gasteiger charge is 2.32. The number of carbonyl (C=O) groups excluding carboxylic acids is 2. The Morgan fingerprint density at radius 3 is 2.45 bits per heavy atom. The van der Waals surface area contributed by atoms with Gasteiger partial charge in [0.25, 0.3) is 0 Å². The summed E-state index contributed by atoms with van der Waals surface area (Å²) < 4.78 is 7.47. The number of imide groups is 1. The van der Waals surface area contributed by atoms with E-state index < -0.39 is 17.2 Å². The highest BCUT2D eigenvalue weighted by Crippen LogP contribution is 2.40. The number of methoxy groups -OCH3 is 1. The van der Waals surface area contributed by atoms with Crippen molar-refractivity contribution in [1.82, 2.24) is 20.1 Å². The molecule has 1 aromatic heterocycles. The molecule has 31 heavy (non-hydrogen) atoms. The Labute approximate surface area is 187 Å². The molecule has 1 saturated carbocycles. The maximum Gasteiger partial charge on any atom is 0.318 e. The Hall–Kier alpha value is -2.55. The monoisotopic (exact) mass is 445 g/mol. The van der Waals surface area contributed by atoms with Gasteiger partial charge in [0, 0.05) is 11.6 Å². The van der Waals surface area contributed by atoms with Gasteiger partial charge in [0.1, 0.15) is 5.75 Å². The number of nitrogens with two attached hydrogens (primary N) is 1. The van der Waals surface area contributed by atoms with Gasteiger partial charge < -0.3 is 10.5 Å². The van der Waals surface area contributed by atoms with Crippen LogP contribution in [0.2, 0.25) is 0 Å². The highest BCUT2D eigenvalue weighted by atomic mass is 32.2. The summed E-state index contributed by atoms with van der Waals surface area (Å²) in [5.41, 5.74) is 6.11. The molecule has 0 aliphatic heterocycles. The lowest BCUT2D eigenvalue weighted by atomic mass is 9.85. The van der Waals surface area contributed by atoms with Gasteiger partial charge in [-0.05, 0) is 48.9 Å². The number of nitrogens with one attached hydrogen (secondary N) is 1. The smallest absolute Gasteiger partial charge is 0.318 e. The van der Waals surface area contributed by atoms with Crippen molar-refractivity contribution in [3.8, 4) is 17.1 Å². The van der Waals surface area contributed by atoms with E-state index in [1.54, 1.807) is 7.11 Å². The van der Waals surface area contributed by atoms with Crippen molar-refractivity contribution in [2.45, 2.75) is 62.9 Å². The molecular weight excluding hydrogens is 414 g/mol. The van der Waals surface area contributed by atoms with Gasteiger partial charge in [0.2, 0.25) is 5.91 Å². The molecule has 3 amide bonds. The second kappa shape index (κ2) is 10.2. The summed E-state index contributed by atoms with van der Waals surface area (Å²) in [5.74, 6) is 1.59. The Balaban J connectivity index is 2.01. The third-order valence-corrected chi connectivity index (χ3v) is 7.25. The molecule has 1 heterocycles. The van der Waals surface area contributed by atoms with Gasteiger partial charge >= 0.3 is 6.03 Å². The third-order valence-electron chi connectivity index (χ3n) is 5.75. The third kappa shape index (κ3) is 5.39. The van der Waals surface area contributed by atoms with E-state index >= 15 is 0 Å². The largest absolute Gasteiger partial charge is 0.497 e. The normalized spacial score (nSPS) is 19.8. The van der Waals surface area contributed by atoms with Crippen LogP contribution in [-0.4, -0.2) is 39.1 Å². The number of hydrogen-bond acceptors (Lipinski definition) is 6. The maximum atomic E-state index is 12.6. The maximum absolute atomic E-state index is 12.6. The molecular formula is C22H31N5O3S. The zero-order valence-electron chi connectivity index (χ0n) is 18.5. The van der Waals surface area contributed by atoms with E-state index in [4.69, 9.17) is 10.5 Å². The van der Waals surface area contributed by atoms with E-state index in [-0.39, 0.29) is 12.0 Å². The number of benzene rings is 1. The number of ether oxygens (including phenoxy) is 1. The molecule has 3 atom stereocenters. The number of aromatic nitrogens is 3. The molecule has 9 heteroatoms. The van der Waals surface area contributed by atoms with Crippen LogP contribution in [0.25, 0.3) is 11.4 Å². The first-order chi connectivity index (χ1) is 14.8. The Morgan fingerprint density at radius 1 is 1.19 bits per heavy atom. The second-order valence-electron chi connectivity index (χ2n) is 8.37. The number of thioether (sulfide) groups is 1. The lowest BCUT2D eigenvalue weighted by molar-refractivity contribution is -0.120. The summed E-state index contributed by atoms with van der Waals surface area (Å²) in [6, 6.07) is 7.15. The van der Waals surface area contributed by atoms with Gasteiger partial charge in [-0.25, -0.2) is 4.79 Å². The Morgan fingerprint density at radius 2 is 1.87 bits per heavy atom. The summed E-state index contributed by atoms with van der Waals surface area (Å²) in [6.45, 7) is 6.13. The number of amides is 3. The average molecular weight is 446 g/mol. The molecule has 0 bridgehead atoms. The number of carbonyl (C=O) groups is 2. The van der Waals surface area contributed by atoms with Crippen molar-refractivity contribution >= 4 is 23.7 Å². The van der Waals surface area contributed by atoms with Crippen molar-refractivity contribution in [3.63, 3.8) is 0 Å². The van der Waals surface area contributed by atoms with Crippen molar-refractivity contribution in [1.29, 1.82) is 0 Å². The topological polar surface area (TPSA) is 112 Å². The number of rotatable bonds is 7. The van der Waals surface area contributed by atoms with Crippen LogP contribution in [-0.2, 0) is 4.79 Å². The van der Waals surface area contributed by atoms with E-state index in [1.165, 1.54) is 18.2 Å². The second-order valence-corrected chi connectivity index (χ2v) is 9.48. The number of hydrogen-bond donors (Lipinski definition) is 2. The van der Waals surface area contributed by atoms with Crippen LogP contribution in [0.15, 0.2) is 29.4 Å². The average Bonchev–Trinajstić information content (AvgIpc) is 3.15. The molecule has 0 unspecified atom stereocenters. The number of urea groups is 1. The fraction of sp³-hybridized carbons (Fsp3) is 0.545. The minimum absolute atomic E-state index is 0.0253. The first-order valence-electron chi connectivity index (χ1n) is 10.7. The number of nitrogens with zero attached hydrogens (tertiary/aromatic N) is 3. The summed E-state index contributed by atoms with van der Waals surface area (Å²) in [7, 11) is 1.64. The van der Waals surface area contributed by atoms with Gasteiger partial charge in [-0.15, -0.1) is 10.2 Å². The highest BCUT2D eigenvalue weighted by molar-refractivity contribution is 8.00. The van der Waals surface area contributed by atoms with Gasteiger partial charge in [0.15, 0.2) is 11.0 Å². The van der Waals surface area contributed by atoms with E-state index in [1.807, 2.05) is 38.1 Å². The van der Waals surface area contributed by atoms with Crippen LogP contribution in [0.1, 0.15) is 52.5 Å². The fourth-order valence-electron chi connectivity index (χ4n) is 4.07. The minimum atomic E-state index is -0.849. The molecule has 3 N–H and O–H groups in total. The van der Waals surface area contributed by atoms with E-state index in [0.717, 1.165) is 36.4 Å². The Bertz CT molecular complexity index is 912. The van der Waals surface area contributed by atoms with Gasteiger partial charge in [-0.1, -0.05) is 45.4 Å². The van der Waals surface area contributed by atoms with Crippen molar-refractivity contribution < 1.29 is 14.3 Å². The van der Waals surface area contributed by atoms with Gasteiger partial charge in [0.05, 0.1) is 12.4 Å². The van der Waals surface area contributed by atoms with E-state index in [2.05, 4.69) is 27.0 Å². The van der Waals surface area contributed by atoms with Crippen LogP contribution in [0.5, 0.6) is 5.75 Å². The van der Waals surface area contributed by atoms with Crippen molar-refractivity contribution in [2.24, 2.45) is 17.6 Å². The molecule has 0 spiro atoms. The molecule has 168 valence electrons. The van der Waals surface area contributed by atoms with Crippen LogP contribution >= 0.6 is 11.8 Å². The SMILES string of the molecule is COc1ccc(-c2nnc(S[C@H](C(=O)NC(N)=O)C(C)C)n2[C@@H]2CCCC[C@H]2C)cc1. The molecule has 8 nitrogen and oxygen atoms in total. The fourth-order valence-corrected chi connectivity index (χ4v) is 5.16.